The highest BCUT2D eigenvalue weighted by atomic mass is 16.3. The van der Waals surface area contributed by atoms with Crippen molar-refractivity contribution in [2.75, 3.05) is 33.3 Å². The van der Waals surface area contributed by atoms with E-state index in [4.69, 9.17) is 13.3 Å². The normalized spacial score (nSPS) is 16.8. The van der Waals surface area contributed by atoms with E-state index in [9.17, 15) is 4.79 Å². The summed E-state index contributed by atoms with van der Waals surface area (Å²) in [5, 5.41) is 12.4. The third-order valence-corrected chi connectivity index (χ3v) is 5.27. The highest BCUT2D eigenvalue weighted by Gasteiger charge is 2.18. The first-order chi connectivity index (χ1) is 17.2. The van der Waals surface area contributed by atoms with Gasteiger partial charge in [0.05, 0.1) is 20.3 Å². The lowest BCUT2D eigenvalue weighted by atomic mass is 9.87. The molecule has 5 heteroatoms. The number of aliphatic hydroxyl groups is 1. The molecular formula is C25H27N3O2. The first-order valence-corrected chi connectivity index (χ1v) is 9.94. The van der Waals surface area contributed by atoms with E-state index in [0.717, 1.165) is 5.57 Å². The number of nitrogens with zero attached hydrogens (tertiary/aromatic N) is 2. The van der Waals surface area contributed by atoms with Crippen molar-refractivity contribution >= 4 is 22.4 Å². The molecule has 0 atom stereocenters. The van der Waals surface area contributed by atoms with Gasteiger partial charge in [0.2, 0.25) is 0 Å². The Hall–Kier alpha value is -3.02. The van der Waals surface area contributed by atoms with E-state index in [0.29, 0.717) is 42.6 Å². The first-order valence-electron chi connectivity index (χ1n) is 12.9. The summed E-state index contributed by atoms with van der Waals surface area (Å²) in [6.07, 6.45) is 0.918. The number of rotatable bonds is 5. The van der Waals surface area contributed by atoms with Crippen LogP contribution in [0.4, 0.5) is 0 Å². The minimum atomic E-state index is -0.426. The van der Waals surface area contributed by atoms with Gasteiger partial charge in [-0.25, -0.2) is 0 Å². The van der Waals surface area contributed by atoms with Crippen molar-refractivity contribution in [2.45, 2.75) is 12.8 Å². The van der Waals surface area contributed by atoms with Crippen LogP contribution in [0.25, 0.3) is 16.5 Å². The van der Waals surface area contributed by atoms with Gasteiger partial charge in [-0.1, -0.05) is 41.9 Å². The Labute approximate surface area is 185 Å². The van der Waals surface area contributed by atoms with E-state index < -0.39 is 12.2 Å². The van der Waals surface area contributed by atoms with E-state index in [-0.39, 0.29) is 59.7 Å². The zero-order valence-electron chi connectivity index (χ0n) is 22.8. The lowest BCUT2D eigenvalue weighted by Gasteiger charge is -2.22. The monoisotopic (exact) mass is 407 g/mol. The Bertz CT molecular complexity index is 1360. The molecule has 1 aromatic heterocycles. The number of aliphatic hydroxyl groups excluding tert-OH is 1. The van der Waals surface area contributed by atoms with Crippen molar-refractivity contribution in [3.05, 3.63) is 82.9 Å². The molecule has 0 unspecified atom stereocenters. The Morgan fingerprint density at radius 1 is 1.13 bits per heavy atom. The molecule has 0 radical (unpaired) electrons. The predicted molar refractivity (Wildman–Crippen MR) is 120 cm³/mol. The molecule has 0 aliphatic carbocycles. The van der Waals surface area contributed by atoms with E-state index in [1.807, 2.05) is 0 Å². The Balaban J connectivity index is 1.99. The number of para-hydroxylation sites is 1. The average molecular weight is 408 g/mol. The quantitative estimate of drug-likeness (QED) is 0.680. The summed E-state index contributed by atoms with van der Waals surface area (Å²) in [6.45, 7) is 1.49. The molecule has 2 heterocycles. The van der Waals surface area contributed by atoms with Gasteiger partial charge in [-0.05, 0) is 55.2 Å². The molecule has 0 saturated carbocycles. The number of fused-ring (bicyclic) bond motifs is 1. The maximum Gasteiger partial charge on any atom is 0.253 e. The Morgan fingerprint density at radius 3 is 2.57 bits per heavy atom. The second-order valence-corrected chi connectivity index (χ2v) is 7.20. The Morgan fingerprint density at radius 2 is 1.83 bits per heavy atom. The number of carbonyl (C=O) groups is 1. The zero-order valence-corrected chi connectivity index (χ0v) is 16.8. The van der Waals surface area contributed by atoms with Crippen LogP contribution in [-0.2, 0) is 0 Å². The van der Waals surface area contributed by atoms with Crippen molar-refractivity contribution in [1.82, 2.24) is 15.2 Å². The highest BCUT2D eigenvalue weighted by molar-refractivity contribution is 5.98. The fourth-order valence-corrected chi connectivity index (χ4v) is 3.71. The van der Waals surface area contributed by atoms with Gasteiger partial charge in [-0.3, -0.25) is 9.78 Å². The summed E-state index contributed by atoms with van der Waals surface area (Å²) in [5.74, 6) is -0.243. The smallest absolute Gasteiger partial charge is 0.253 e. The molecule has 1 aliphatic rings. The number of carbonyl (C=O) groups excluding carboxylic acids is 1. The highest BCUT2D eigenvalue weighted by Crippen LogP contribution is 2.34. The zero-order chi connectivity index (χ0) is 26.1. The number of pyridine rings is 1. The molecule has 0 bridgehead atoms. The van der Waals surface area contributed by atoms with Gasteiger partial charge in [0.15, 0.2) is 0 Å². The molecular weight excluding hydrogens is 374 g/mol. The Kier molecular flexibility index (Phi) is 4.31. The summed E-state index contributed by atoms with van der Waals surface area (Å²) in [5.41, 5.74) is 3.13. The third-order valence-electron chi connectivity index (χ3n) is 5.27. The predicted octanol–water partition coefficient (Wildman–Crippen LogP) is 3.48. The van der Waals surface area contributed by atoms with Crippen LogP contribution >= 0.6 is 0 Å². The number of benzene rings is 2. The summed E-state index contributed by atoms with van der Waals surface area (Å²) in [6, 6.07) is 5.13. The van der Waals surface area contributed by atoms with Crippen LogP contribution in [0, 0.1) is 0 Å². The van der Waals surface area contributed by atoms with Gasteiger partial charge in [-0.15, -0.1) is 0 Å². The van der Waals surface area contributed by atoms with Crippen molar-refractivity contribution in [2.24, 2.45) is 0 Å². The van der Waals surface area contributed by atoms with Crippen molar-refractivity contribution < 1.29 is 18.1 Å². The second kappa shape index (κ2) is 9.20. The molecule has 3 aromatic rings. The first kappa shape index (κ1) is 14.1. The van der Waals surface area contributed by atoms with Gasteiger partial charge < -0.3 is 15.3 Å². The van der Waals surface area contributed by atoms with Crippen LogP contribution < -0.4 is 5.32 Å². The molecule has 5 nitrogen and oxygen atoms in total. The van der Waals surface area contributed by atoms with Crippen molar-refractivity contribution in [1.29, 1.82) is 0 Å². The van der Waals surface area contributed by atoms with Gasteiger partial charge in [0, 0.05) is 36.3 Å². The molecule has 1 amide bonds. The SMILES string of the molecule is [2H]c1nc2c(C(=C3CCNCC3)c3ccc(C(=O)N(C)CCO)cc3)c([2H])c([2H])c([2H])c2c([2H])c1[2H]. The molecule has 1 aliphatic heterocycles. The fraction of sp³-hybridized carbons (Fsp3) is 0.280. The molecule has 154 valence electrons. The number of hydrogen-bond acceptors (Lipinski definition) is 4. The molecule has 1 fully saturated rings. The van der Waals surface area contributed by atoms with Gasteiger partial charge >= 0.3 is 0 Å². The van der Waals surface area contributed by atoms with Gasteiger partial charge in [-0.2, -0.15) is 0 Å². The van der Waals surface area contributed by atoms with E-state index in [1.54, 1.807) is 31.3 Å². The van der Waals surface area contributed by atoms with Crippen molar-refractivity contribution in [3.63, 3.8) is 0 Å². The minimum Gasteiger partial charge on any atom is -0.395 e. The van der Waals surface area contributed by atoms with Crippen LogP contribution in [0.3, 0.4) is 0 Å². The van der Waals surface area contributed by atoms with E-state index >= 15 is 0 Å². The number of hydrogen-bond donors (Lipinski definition) is 2. The van der Waals surface area contributed by atoms with Gasteiger partial charge in [0.25, 0.3) is 5.91 Å². The number of piperidine rings is 1. The molecule has 2 N–H and O–H groups in total. The van der Waals surface area contributed by atoms with E-state index in [2.05, 4.69) is 10.3 Å². The minimum absolute atomic E-state index is 0.0172. The largest absolute Gasteiger partial charge is 0.395 e. The van der Waals surface area contributed by atoms with E-state index in [1.165, 1.54) is 4.90 Å². The van der Waals surface area contributed by atoms with Crippen LogP contribution in [0.5, 0.6) is 0 Å². The van der Waals surface area contributed by atoms with Gasteiger partial charge in [0.1, 0.15) is 0 Å². The molecule has 0 spiro atoms. The molecule has 30 heavy (non-hydrogen) atoms. The van der Waals surface area contributed by atoms with Crippen LogP contribution in [-0.4, -0.2) is 54.2 Å². The lowest BCUT2D eigenvalue weighted by Crippen LogP contribution is -2.29. The standard InChI is InChI=1S/C25H27N3O2/c1-28(16-17-29)25(30)21-9-7-18(8-10-21)23(19-11-14-26-15-12-19)22-6-2-4-20-5-3-13-27-24(20)22/h2-10,13,26,29H,11-12,14-17H2,1H3/i2D,3D,4D,5D,6D,13D. The maximum atomic E-state index is 12.7. The number of likely N-dealkylation sites (N-methyl/N-ethyl adjacent to an activating group) is 1. The third kappa shape index (κ3) is 4.13. The molecule has 1 saturated heterocycles. The maximum absolute atomic E-state index is 12.7. The number of amides is 1. The van der Waals surface area contributed by atoms with Crippen LogP contribution in [0.2, 0.25) is 0 Å². The van der Waals surface area contributed by atoms with Crippen molar-refractivity contribution in [3.8, 4) is 0 Å². The number of aromatic nitrogens is 1. The summed E-state index contributed by atoms with van der Waals surface area (Å²) < 4.78 is 50.1. The summed E-state index contributed by atoms with van der Waals surface area (Å²) in [7, 11) is 1.61. The molecule has 2 aromatic carbocycles. The number of nitrogens with one attached hydrogen (secondary N) is 1. The van der Waals surface area contributed by atoms with Crippen LogP contribution in [0.1, 0.15) is 42.6 Å². The summed E-state index contributed by atoms with van der Waals surface area (Å²) in [4.78, 5) is 18.3. The fourth-order valence-electron chi connectivity index (χ4n) is 3.71. The summed E-state index contributed by atoms with van der Waals surface area (Å²) >= 11 is 0. The van der Waals surface area contributed by atoms with Crippen LogP contribution in [0.15, 0.2) is 66.2 Å². The topological polar surface area (TPSA) is 65.5 Å². The molecule has 4 rings (SSSR count). The second-order valence-electron chi connectivity index (χ2n) is 7.20. The average Bonchev–Trinajstić information content (AvgIpc) is 2.88. The lowest BCUT2D eigenvalue weighted by molar-refractivity contribution is 0.0767.